The lowest BCUT2D eigenvalue weighted by Crippen LogP contribution is -2.23. The number of nitrogens with one attached hydrogen (secondary N) is 1. The van der Waals surface area contributed by atoms with Crippen molar-refractivity contribution in [3.63, 3.8) is 0 Å². The molecule has 0 aliphatic carbocycles. The minimum Gasteiger partial charge on any atom is -0.493 e. The summed E-state index contributed by atoms with van der Waals surface area (Å²) >= 11 is 1.49. The SMILES string of the molecule is CCOc1ccccc1C(=O)NCc1ccc([C@H](O)c2ccccc2)s1. The molecular weight excluding hydrogens is 346 g/mol. The summed E-state index contributed by atoms with van der Waals surface area (Å²) in [7, 11) is 0. The van der Waals surface area contributed by atoms with Crippen molar-refractivity contribution in [3.05, 3.63) is 87.6 Å². The monoisotopic (exact) mass is 367 g/mol. The number of aliphatic hydroxyl groups excluding tert-OH is 1. The Morgan fingerprint density at radius 3 is 2.58 bits per heavy atom. The summed E-state index contributed by atoms with van der Waals surface area (Å²) in [4.78, 5) is 14.3. The van der Waals surface area contributed by atoms with E-state index in [9.17, 15) is 9.90 Å². The van der Waals surface area contributed by atoms with Gasteiger partial charge in [0.05, 0.1) is 18.7 Å². The van der Waals surface area contributed by atoms with Crippen LogP contribution in [0.15, 0.2) is 66.7 Å². The first-order valence-corrected chi connectivity index (χ1v) is 9.32. The summed E-state index contributed by atoms with van der Waals surface area (Å²) in [6.45, 7) is 2.81. The van der Waals surface area contributed by atoms with Gasteiger partial charge in [0.25, 0.3) is 5.91 Å². The predicted octanol–water partition coefficient (Wildman–Crippen LogP) is 4.16. The standard InChI is InChI=1S/C21H21NO3S/c1-2-25-18-11-7-6-10-17(18)21(24)22-14-16-12-13-19(26-16)20(23)15-8-4-3-5-9-15/h3-13,20,23H,2,14H2,1H3,(H,22,24)/t20-/m1/s1. The van der Waals surface area contributed by atoms with Crippen molar-refractivity contribution in [2.24, 2.45) is 0 Å². The van der Waals surface area contributed by atoms with Crippen molar-refractivity contribution < 1.29 is 14.6 Å². The minimum absolute atomic E-state index is 0.174. The van der Waals surface area contributed by atoms with Crippen LogP contribution in [-0.4, -0.2) is 17.6 Å². The molecule has 0 saturated heterocycles. The van der Waals surface area contributed by atoms with E-state index >= 15 is 0 Å². The van der Waals surface area contributed by atoms with E-state index < -0.39 is 6.10 Å². The molecule has 0 bridgehead atoms. The number of aliphatic hydroxyl groups is 1. The number of amides is 1. The van der Waals surface area contributed by atoms with Crippen LogP contribution in [0.3, 0.4) is 0 Å². The molecule has 3 aromatic rings. The number of benzene rings is 2. The van der Waals surface area contributed by atoms with Gasteiger partial charge in [0, 0.05) is 9.75 Å². The van der Waals surface area contributed by atoms with Gasteiger partial charge in [-0.25, -0.2) is 0 Å². The highest BCUT2D eigenvalue weighted by atomic mass is 32.1. The summed E-state index contributed by atoms with van der Waals surface area (Å²) in [6.07, 6.45) is -0.649. The number of hydrogen-bond acceptors (Lipinski definition) is 4. The maximum Gasteiger partial charge on any atom is 0.255 e. The van der Waals surface area contributed by atoms with Crippen molar-refractivity contribution >= 4 is 17.2 Å². The number of carbonyl (C=O) groups excluding carboxylic acids is 1. The van der Waals surface area contributed by atoms with E-state index in [0.717, 1.165) is 15.3 Å². The van der Waals surface area contributed by atoms with E-state index in [0.29, 0.717) is 24.5 Å². The molecule has 1 heterocycles. The maximum absolute atomic E-state index is 12.4. The van der Waals surface area contributed by atoms with Crippen LogP contribution in [0, 0.1) is 0 Å². The van der Waals surface area contributed by atoms with Crippen LogP contribution in [0.1, 0.15) is 38.7 Å². The molecule has 0 aliphatic rings. The Balaban J connectivity index is 1.64. The van der Waals surface area contributed by atoms with Gasteiger partial charge in [0.1, 0.15) is 11.9 Å². The predicted molar refractivity (Wildman–Crippen MR) is 104 cm³/mol. The molecule has 1 amide bonds. The van der Waals surface area contributed by atoms with Gasteiger partial charge in [-0.1, -0.05) is 42.5 Å². The zero-order valence-corrected chi connectivity index (χ0v) is 15.3. The van der Waals surface area contributed by atoms with Gasteiger partial charge >= 0.3 is 0 Å². The zero-order chi connectivity index (χ0) is 18.4. The number of rotatable bonds is 7. The third-order valence-electron chi connectivity index (χ3n) is 3.92. The van der Waals surface area contributed by atoms with Gasteiger partial charge in [-0.2, -0.15) is 0 Å². The molecule has 26 heavy (non-hydrogen) atoms. The molecule has 2 N–H and O–H groups in total. The Hall–Kier alpha value is -2.63. The lowest BCUT2D eigenvalue weighted by molar-refractivity contribution is 0.0947. The highest BCUT2D eigenvalue weighted by Gasteiger charge is 2.14. The summed E-state index contributed by atoms with van der Waals surface area (Å²) in [6, 6.07) is 20.6. The highest BCUT2D eigenvalue weighted by Crippen LogP contribution is 2.28. The fraction of sp³-hybridized carbons (Fsp3) is 0.190. The zero-order valence-electron chi connectivity index (χ0n) is 14.5. The summed E-state index contributed by atoms with van der Waals surface area (Å²) < 4.78 is 5.50. The molecular formula is C21H21NO3S. The number of carbonyl (C=O) groups is 1. The van der Waals surface area contributed by atoms with Crippen LogP contribution in [0.4, 0.5) is 0 Å². The number of ether oxygens (including phenoxy) is 1. The molecule has 4 nitrogen and oxygen atoms in total. The molecule has 0 unspecified atom stereocenters. The third-order valence-corrected chi connectivity index (χ3v) is 5.06. The van der Waals surface area contributed by atoms with Gasteiger partial charge < -0.3 is 15.2 Å². The summed E-state index contributed by atoms with van der Waals surface area (Å²) in [5.74, 6) is 0.409. The average Bonchev–Trinajstić information content (AvgIpc) is 3.16. The van der Waals surface area contributed by atoms with E-state index in [1.807, 2.05) is 61.5 Å². The molecule has 0 saturated carbocycles. The second-order valence-electron chi connectivity index (χ2n) is 5.73. The Labute approximate surface area is 157 Å². The fourth-order valence-corrected chi connectivity index (χ4v) is 3.60. The van der Waals surface area contributed by atoms with Crippen molar-refractivity contribution in [2.45, 2.75) is 19.6 Å². The van der Waals surface area contributed by atoms with Crippen molar-refractivity contribution in [2.75, 3.05) is 6.61 Å². The minimum atomic E-state index is -0.649. The van der Waals surface area contributed by atoms with Crippen molar-refractivity contribution in [1.82, 2.24) is 5.32 Å². The van der Waals surface area contributed by atoms with Gasteiger partial charge in [-0.15, -0.1) is 11.3 Å². The van der Waals surface area contributed by atoms with E-state index in [2.05, 4.69) is 5.32 Å². The maximum atomic E-state index is 12.4. The Bertz CT molecular complexity index is 860. The van der Waals surface area contributed by atoms with Gasteiger partial charge in [0.15, 0.2) is 0 Å². The summed E-state index contributed by atoms with van der Waals surface area (Å²) in [5.41, 5.74) is 1.38. The third kappa shape index (κ3) is 4.31. The lowest BCUT2D eigenvalue weighted by Gasteiger charge is -2.10. The highest BCUT2D eigenvalue weighted by molar-refractivity contribution is 7.12. The number of thiophene rings is 1. The number of para-hydroxylation sites is 1. The van der Waals surface area contributed by atoms with Gasteiger partial charge in [-0.3, -0.25) is 4.79 Å². The van der Waals surface area contributed by atoms with Crippen LogP contribution >= 0.6 is 11.3 Å². The van der Waals surface area contributed by atoms with Crippen LogP contribution in [0.25, 0.3) is 0 Å². The molecule has 1 atom stereocenters. The second kappa shape index (κ2) is 8.65. The first kappa shape index (κ1) is 18.2. The topological polar surface area (TPSA) is 58.6 Å². The van der Waals surface area contributed by atoms with Crippen molar-refractivity contribution in [1.29, 1.82) is 0 Å². The first-order valence-electron chi connectivity index (χ1n) is 8.50. The van der Waals surface area contributed by atoms with E-state index in [1.165, 1.54) is 11.3 Å². The molecule has 0 aliphatic heterocycles. The quantitative estimate of drug-likeness (QED) is 0.659. The summed E-state index contributed by atoms with van der Waals surface area (Å²) in [5, 5.41) is 13.4. The van der Waals surface area contributed by atoms with Crippen LogP contribution in [0.2, 0.25) is 0 Å². The van der Waals surface area contributed by atoms with E-state index in [4.69, 9.17) is 4.74 Å². The van der Waals surface area contributed by atoms with Crippen molar-refractivity contribution in [3.8, 4) is 5.75 Å². The van der Waals surface area contributed by atoms with E-state index in [-0.39, 0.29) is 5.91 Å². The normalized spacial score (nSPS) is 11.8. The molecule has 3 rings (SSSR count). The lowest BCUT2D eigenvalue weighted by atomic mass is 10.1. The van der Waals surface area contributed by atoms with Crippen LogP contribution in [0.5, 0.6) is 5.75 Å². The average molecular weight is 367 g/mol. The molecule has 0 fully saturated rings. The molecule has 5 heteroatoms. The first-order chi connectivity index (χ1) is 12.7. The van der Waals surface area contributed by atoms with Gasteiger partial charge in [-0.05, 0) is 36.8 Å². The Morgan fingerprint density at radius 2 is 1.81 bits per heavy atom. The smallest absolute Gasteiger partial charge is 0.255 e. The fourth-order valence-electron chi connectivity index (χ4n) is 2.63. The van der Waals surface area contributed by atoms with Crippen LogP contribution < -0.4 is 10.1 Å². The molecule has 1 aromatic heterocycles. The Morgan fingerprint density at radius 1 is 1.08 bits per heavy atom. The largest absolute Gasteiger partial charge is 0.493 e. The Kier molecular flexibility index (Phi) is 6.04. The molecule has 0 radical (unpaired) electrons. The van der Waals surface area contributed by atoms with Crippen LogP contribution in [-0.2, 0) is 6.54 Å². The number of hydrogen-bond donors (Lipinski definition) is 2. The molecule has 2 aromatic carbocycles. The van der Waals surface area contributed by atoms with Gasteiger partial charge in [0.2, 0.25) is 0 Å². The molecule has 0 spiro atoms. The second-order valence-corrected chi connectivity index (χ2v) is 6.93. The molecule has 134 valence electrons. The van der Waals surface area contributed by atoms with E-state index in [1.54, 1.807) is 12.1 Å².